The van der Waals surface area contributed by atoms with Crippen molar-refractivity contribution >= 4 is 24.2 Å². The minimum absolute atomic E-state index is 0.139. The van der Waals surface area contributed by atoms with Crippen molar-refractivity contribution < 1.29 is 19.1 Å². The van der Waals surface area contributed by atoms with Gasteiger partial charge >= 0.3 is 29.3 Å². The van der Waals surface area contributed by atoms with Crippen LogP contribution in [0.5, 0.6) is 0 Å². The van der Waals surface area contributed by atoms with Crippen LogP contribution in [-0.4, -0.2) is 90.4 Å². The van der Waals surface area contributed by atoms with Crippen LogP contribution in [-0.2, 0) is 29.6 Å². The number of ether oxygens (including phenoxy) is 2. The van der Waals surface area contributed by atoms with Crippen molar-refractivity contribution in [3.05, 3.63) is 31.5 Å². The first-order valence-corrected chi connectivity index (χ1v) is 25.0. The Morgan fingerprint density at radius 2 is 0.859 bits per heavy atom. The molecular weight excluding hydrogens is 815 g/mol. The molecule has 0 saturated heterocycles. The van der Waals surface area contributed by atoms with Crippen LogP contribution < -0.4 is 27.7 Å². The number of aromatic nitrogens is 3. The topological polar surface area (TPSA) is 192 Å². The van der Waals surface area contributed by atoms with Gasteiger partial charge in [0, 0.05) is 33.2 Å². The fraction of sp³-hybridized carbons (Fsp3) is 0.854. The van der Waals surface area contributed by atoms with E-state index in [1.807, 2.05) is 0 Å². The Balaban J connectivity index is 1.05. The molecule has 16 nitrogen and oxygen atoms in total. The first-order valence-electron chi connectivity index (χ1n) is 25.0. The normalized spacial score (nSPS) is 25.8. The summed E-state index contributed by atoms with van der Waals surface area (Å²) < 4.78 is 14.1. The number of aliphatic imine (C=N–C) groups is 4. The number of carbonyl (C=O) groups is 2. The smallest absolute Gasteiger partial charge is 0.407 e. The average Bonchev–Trinajstić information content (AvgIpc) is 3.30. The van der Waals surface area contributed by atoms with Crippen LogP contribution in [0.2, 0.25) is 0 Å². The number of carbonyl (C=O) groups excluding carboxylic acids is 2. The molecule has 0 aromatic carbocycles. The van der Waals surface area contributed by atoms with E-state index in [9.17, 15) is 24.0 Å². The van der Waals surface area contributed by atoms with Crippen LogP contribution in [0.1, 0.15) is 142 Å². The molecule has 4 aliphatic rings. The molecule has 64 heavy (non-hydrogen) atoms. The lowest BCUT2D eigenvalue weighted by molar-refractivity contribution is 0.139. The highest BCUT2D eigenvalue weighted by atomic mass is 16.6. The molecule has 1 aromatic heterocycles. The fourth-order valence-electron chi connectivity index (χ4n) is 10.5. The summed E-state index contributed by atoms with van der Waals surface area (Å²) in [4.78, 5) is 82.6. The monoisotopic (exact) mass is 894 g/mol. The van der Waals surface area contributed by atoms with Gasteiger partial charge in [0.1, 0.15) is 0 Å². The van der Waals surface area contributed by atoms with Crippen molar-refractivity contribution in [3.63, 3.8) is 0 Å². The molecule has 4 aliphatic carbocycles. The first-order chi connectivity index (χ1) is 31.1. The van der Waals surface area contributed by atoms with Crippen molar-refractivity contribution in [1.29, 1.82) is 0 Å². The summed E-state index contributed by atoms with van der Waals surface area (Å²) >= 11 is 0. The SMILES string of the molecule is CCCCOC(=O)NCC1CCCC(CN=C=NCC2CCCC(Cn3c(=O)n(C)c(=O)n(CC4CCCC(CN=C=NCC5CCCC(CNC(=O)OCCCC)C5)C4)c3=O)C2)C1. The predicted molar refractivity (Wildman–Crippen MR) is 250 cm³/mol. The van der Waals surface area contributed by atoms with Crippen molar-refractivity contribution in [1.82, 2.24) is 24.3 Å². The Kier molecular flexibility index (Phi) is 22.1. The highest BCUT2D eigenvalue weighted by Crippen LogP contribution is 2.32. The third-order valence-electron chi connectivity index (χ3n) is 14.2. The van der Waals surface area contributed by atoms with E-state index in [0.717, 1.165) is 133 Å². The van der Waals surface area contributed by atoms with Gasteiger partial charge in [-0.2, -0.15) is 0 Å². The number of rotatable bonds is 22. The lowest BCUT2D eigenvalue weighted by Gasteiger charge is -2.29. The average molecular weight is 894 g/mol. The molecule has 8 atom stereocenters. The van der Waals surface area contributed by atoms with E-state index < -0.39 is 17.1 Å². The summed E-state index contributed by atoms with van der Waals surface area (Å²) in [6.07, 6.45) is 19.4. The quantitative estimate of drug-likeness (QED) is 0.0899. The highest BCUT2D eigenvalue weighted by Gasteiger charge is 2.28. The van der Waals surface area contributed by atoms with Crippen molar-refractivity contribution in [2.45, 2.75) is 155 Å². The van der Waals surface area contributed by atoms with Gasteiger partial charge in [0.15, 0.2) is 0 Å². The molecule has 0 aliphatic heterocycles. The molecule has 358 valence electrons. The number of amides is 2. The summed E-state index contributed by atoms with van der Waals surface area (Å²) in [5.41, 5.74) is -1.61. The second-order valence-corrected chi connectivity index (χ2v) is 19.5. The van der Waals surface area contributed by atoms with Gasteiger partial charge in [-0.25, -0.2) is 57.6 Å². The first kappa shape index (κ1) is 50.7. The molecule has 0 radical (unpaired) electrons. The highest BCUT2D eigenvalue weighted by molar-refractivity contribution is 5.67. The van der Waals surface area contributed by atoms with Crippen LogP contribution in [0.4, 0.5) is 9.59 Å². The zero-order chi connectivity index (χ0) is 45.5. The van der Waals surface area contributed by atoms with Crippen molar-refractivity contribution in [2.24, 2.45) is 74.4 Å². The second kappa shape index (κ2) is 27.9. The van der Waals surface area contributed by atoms with E-state index in [2.05, 4.69) is 56.5 Å². The Labute approximate surface area is 380 Å². The van der Waals surface area contributed by atoms with Gasteiger partial charge in [0.25, 0.3) is 0 Å². The third-order valence-corrected chi connectivity index (χ3v) is 14.2. The van der Waals surface area contributed by atoms with E-state index in [0.29, 0.717) is 101 Å². The van der Waals surface area contributed by atoms with Gasteiger partial charge in [0.2, 0.25) is 0 Å². The van der Waals surface area contributed by atoms with Gasteiger partial charge < -0.3 is 20.1 Å². The number of nitrogens with one attached hydrogen (secondary N) is 2. The standard InChI is InChI=1S/C48H79N9O7/c1-4-6-20-63-44(58)53-30-40-16-8-12-36(22-40)26-49-34-51-28-38-14-10-18-42(24-38)32-56-46(60)55(3)47(61)57(48(56)62)33-43-19-11-15-39(25-43)29-52-35-50-27-37-13-9-17-41(23-37)31-54-45(59)64-21-7-5-2/h36-43H,4-33H2,1-3H3,(H,53,58)(H,54,59). The van der Waals surface area contributed by atoms with Crippen LogP contribution in [0.15, 0.2) is 34.4 Å². The zero-order valence-electron chi connectivity index (χ0n) is 39.3. The maximum atomic E-state index is 13.9. The maximum Gasteiger partial charge on any atom is 0.407 e. The number of nitrogens with zero attached hydrogens (tertiary/aromatic N) is 7. The Bertz CT molecular complexity index is 1780. The minimum Gasteiger partial charge on any atom is -0.450 e. The Morgan fingerprint density at radius 3 is 1.22 bits per heavy atom. The Morgan fingerprint density at radius 1 is 0.531 bits per heavy atom. The Hall–Kier alpha value is -4.29. The van der Waals surface area contributed by atoms with Crippen molar-refractivity contribution in [2.75, 3.05) is 52.5 Å². The number of unbranched alkanes of at least 4 members (excludes halogenated alkanes) is 2. The second-order valence-electron chi connectivity index (χ2n) is 19.5. The van der Waals surface area contributed by atoms with Crippen molar-refractivity contribution in [3.8, 4) is 0 Å². The fourth-order valence-corrected chi connectivity index (χ4v) is 10.5. The molecular formula is C48H79N9O7. The summed E-state index contributed by atoms with van der Waals surface area (Å²) in [7, 11) is 1.47. The molecule has 2 N–H and O–H groups in total. The molecule has 0 spiro atoms. The largest absolute Gasteiger partial charge is 0.450 e. The van der Waals surface area contributed by atoms with E-state index in [1.54, 1.807) is 0 Å². The van der Waals surface area contributed by atoms with Gasteiger partial charge in [-0.15, -0.1) is 0 Å². The summed E-state index contributed by atoms with van der Waals surface area (Å²) in [6, 6.07) is 5.90. The molecule has 2 amide bonds. The molecule has 4 fully saturated rings. The van der Waals surface area contributed by atoms with E-state index in [-0.39, 0.29) is 24.0 Å². The van der Waals surface area contributed by atoms with E-state index in [4.69, 9.17) is 9.47 Å². The molecule has 8 unspecified atom stereocenters. The zero-order valence-corrected chi connectivity index (χ0v) is 39.3. The lowest BCUT2D eigenvalue weighted by atomic mass is 9.81. The third kappa shape index (κ3) is 17.3. The maximum absolute atomic E-state index is 13.9. The van der Waals surface area contributed by atoms with Crippen LogP contribution in [0.3, 0.4) is 0 Å². The van der Waals surface area contributed by atoms with E-state index >= 15 is 0 Å². The van der Waals surface area contributed by atoms with Gasteiger partial charge in [-0.05, 0) is 137 Å². The molecule has 1 aromatic rings. The van der Waals surface area contributed by atoms with Crippen LogP contribution in [0, 0.1) is 47.3 Å². The van der Waals surface area contributed by atoms with Gasteiger partial charge in [0.05, 0.1) is 51.4 Å². The van der Waals surface area contributed by atoms with Gasteiger partial charge in [-0.1, -0.05) is 52.4 Å². The number of alkyl carbamates (subject to hydrolysis) is 2. The minimum atomic E-state index is -0.552. The van der Waals surface area contributed by atoms with Crippen LogP contribution in [0.25, 0.3) is 0 Å². The van der Waals surface area contributed by atoms with Crippen LogP contribution >= 0.6 is 0 Å². The van der Waals surface area contributed by atoms with E-state index in [1.165, 1.54) is 16.2 Å². The molecule has 4 saturated carbocycles. The summed E-state index contributed by atoms with van der Waals surface area (Å²) in [5, 5.41) is 5.85. The molecule has 16 heteroatoms. The molecule has 0 bridgehead atoms. The van der Waals surface area contributed by atoms with Gasteiger partial charge in [-0.3, -0.25) is 0 Å². The molecule has 1 heterocycles. The molecule has 5 rings (SSSR count). The number of hydrogen-bond acceptors (Lipinski definition) is 11. The summed E-state index contributed by atoms with van der Waals surface area (Å²) in [5.74, 6) is 2.70. The lowest BCUT2D eigenvalue weighted by Crippen LogP contribution is -2.55. The predicted octanol–water partition coefficient (Wildman–Crippen LogP) is 7.33. The number of hydrogen-bond donors (Lipinski definition) is 2. The summed E-state index contributed by atoms with van der Waals surface area (Å²) in [6.45, 7) is 9.52.